The Morgan fingerprint density at radius 1 is 1.45 bits per heavy atom. The summed E-state index contributed by atoms with van der Waals surface area (Å²) in [7, 11) is 0. The normalized spacial score (nSPS) is 10.1. The van der Waals surface area contributed by atoms with E-state index in [0.29, 0.717) is 0 Å². The van der Waals surface area contributed by atoms with Crippen molar-refractivity contribution in [1.82, 2.24) is 0 Å². The van der Waals surface area contributed by atoms with Crippen molar-refractivity contribution < 1.29 is 4.39 Å². The Balaban J connectivity index is 2.93. The monoisotopic (exact) mass is 216 g/mol. The maximum absolute atomic E-state index is 12.7. The number of rotatable bonds is 2. The highest BCUT2D eigenvalue weighted by Crippen LogP contribution is 2.11. The van der Waals surface area contributed by atoms with Gasteiger partial charge in [-0.25, -0.2) is 4.39 Å². The number of halogens is 2. The highest BCUT2D eigenvalue weighted by atomic mass is 79.9. The lowest BCUT2D eigenvalue weighted by Gasteiger charge is -2.02. The van der Waals surface area contributed by atoms with E-state index in [1.54, 1.807) is 6.07 Å². The predicted octanol–water partition coefficient (Wildman–Crippen LogP) is 3.07. The zero-order valence-electron chi connectivity index (χ0n) is 6.40. The first kappa shape index (κ1) is 8.72. The molecule has 1 aromatic rings. The molecule has 0 saturated heterocycles. The molecule has 0 aliphatic carbocycles. The lowest BCUT2D eigenvalue weighted by Crippen LogP contribution is -1.91. The molecule has 60 valence electrons. The Morgan fingerprint density at radius 2 is 2.18 bits per heavy atom. The predicted molar refractivity (Wildman–Crippen MR) is 48.6 cm³/mol. The van der Waals surface area contributed by atoms with Gasteiger partial charge in [-0.15, -0.1) is 0 Å². The number of hydrogen-bond acceptors (Lipinski definition) is 0. The first-order chi connectivity index (χ1) is 5.24. The zero-order valence-corrected chi connectivity index (χ0v) is 7.99. The SMILES string of the molecule is Cc1ccc(F)cc1CCBr. The fourth-order valence-electron chi connectivity index (χ4n) is 1.01. The van der Waals surface area contributed by atoms with Gasteiger partial charge in [0.2, 0.25) is 0 Å². The van der Waals surface area contributed by atoms with E-state index < -0.39 is 0 Å². The van der Waals surface area contributed by atoms with Crippen LogP contribution in [0.5, 0.6) is 0 Å². The lowest BCUT2D eigenvalue weighted by atomic mass is 10.1. The standard InChI is InChI=1S/C9H10BrF/c1-7-2-3-9(11)6-8(7)4-5-10/h2-3,6H,4-5H2,1H3. The molecule has 1 aromatic carbocycles. The van der Waals surface area contributed by atoms with Gasteiger partial charge in [-0.2, -0.15) is 0 Å². The van der Waals surface area contributed by atoms with Gasteiger partial charge in [0.15, 0.2) is 0 Å². The van der Waals surface area contributed by atoms with Crippen LogP contribution >= 0.6 is 15.9 Å². The van der Waals surface area contributed by atoms with Crippen molar-refractivity contribution in [3.8, 4) is 0 Å². The fraction of sp³-hybridized carbons (Fsp3) is 0.333. The number of alkyl halides is 1. The molecule has 0 bridgehead atoms. The lowest BCUT2D eigenvalue weighted by molar-refractivity contribution is 0.625. The molecule has 0 N–H and O–H groups in total. The van der Waals surface area contributed by atoms with Crippen molar-refractivity contribution in [1.29, 1.82) is 0 Å². The van der Waals surface area contributed by atoms with Crippen molar-refractivity contribution >= 4 is 15.9 Å². The van der Waals surface area contributed by atoms with E-state index in [4.69, 9.17) is 0 Å². The van der Waals surface area contributed by atoms with Crippen LogP contribution in [0.25, 0.3) is 0 Å². The van der Waals surface area contributed by atoms with Gasteiger partial charge < -0.3 is 0 Å². The van der Waals surface area contributed by atoms with Crippen molar-refractivity contribution in [2.24, 2.45) is 0 Å². The third kappa shape index (κ3) is 2.29. The molecular formula is C9H10BrF. The van der Waals surface area contributed by atoms with Crippen LogP contribution in [0, 0.1) is 12.7 Å². The van der Waals surface area contributed by atoms with Crippen LogP contribution in [0.1, 0.15) is 11.1 Å². The molecule has 0 fully saturated rings. The summed E-state index contributed by atoms with van der Waals surface area (Å²) in [6.07, 6.45) is 0.892. The fourth-order valence-corrected chi connectivity index (χ4v) is 1.44. The Hall–Kier alpha value is -0.370. The summed E-state index contributed by atoms with van der Waals surface area (Å²) in [5.74, 6) is -0.147. The van der Waals surface area contributed by atoms with Crippen LogP contribution < -0.4 is 0 Å². The van der Waals surface area contributed by atoms with Crippen molar-refractivity contribution in [3.05, 3.63) is 35.1 Å². The summed E-state index contributed by atoms with van der Waals surface area (Å²) in [6, 6.07) is 4.90. The van der Waals surface area contributed by atoms with Crippen LogP contribution in [0.15, 0.2) is 18.2 Å². The average Bonchev–Trinajstić information content (AvgIpc) is 1.98. The second kappa shape index (κ2) is 3.86. The summed E-state index contributed by atoms with van der Waals surface area (Å²) in [5, 5.41) is 0.886. The average molecular weight is 217 g/mol. The van der Waals surface area contributed by atoms with Gasteiger partial charge in [0.1, 0.15) is 5.82 Å². The Morgan fingerprint density at radius 3 is 2.82 bits per heavy atom. The highest BCUT2D eigenvalue weighted by Gasteiger charge is 1.98. The molecule has 0 amide bonds. The maximum Gasteiger partial charge on any atom is 0.123 e. The summed E-state index contributed by atoms with van der Waals surface area (Å²) >= 11 is 3.32. The number of benzene rings is 1. The molecule has 0 aromatic heterocycles. The van der Waals surface area contributed by atoms with Crippen molar-refractivity contribution in [2.45, 2.75) is 13.3 Å². The summed E-state index contributed by atoms with van der Waals surface area (Å²) in [5.41, 5.74) is 2.24. The maximum atomic E-state index is 12.7. The minimum Gasteiger partial charge on any atom is -0.207 e. The molecule has 0 radical (unpaired) electrons. The van der Waals surface area contributed by atoms with Gasteiger partial charge in [-0.05, 0) is 36.6 Å². The number of aryl methyl sites for hydroxylation is 2. The quantitative estimate of drug-likeness (QED) is 0.668. The minimum absolute atomic E-state index is 0.147. The molecule has 11 heavy (non-hydrogen) atoms. The van der Waals surface area contributed by atoms with Gasteiger partial charge in [-0.1, -0.05) is 22.0 Å². The van der Waals surface area contributed by atoms with Gasteiger partial charge in [0.05, 0.1) is 0 Å². The first-order valence-electron chi connectivity index (χ1n) is 3.55. The molecule has 2 heteroatoms. The topological polar surface area (TPSA) is 0 Å². The summed E-state index contributed by atoms with van der Waals surface area (Å²) in [6.45, 7) is 2.00. The molecule has 0 atom stereocenters. The van der Waals surface area contributed by atoms with Crippen LogP contribution in [0.2, 0.25) is 0 Å². The molecule has 0 aliphatic heterocycles. The number of hydrogen-bond donors (Lipinski definition) is 0. The highest BCUT2D eigenvalue weighted by molar-refractivity contribution is 9.09. The summed E-state index contributed by atoms with van der Waals surface area (Å²) < 4.78 is 12.7. The van der Waals surface area contributed by atoms with E-state index in [1.165, 1.54) is 6.07 Å². The van der Waals surface area contributed by atoms with Gasteiger partial charge >= 0.3 is 0 Å². The molecule has 0 heterocycles. The van der Waals surface area contributed by atoms with E-state index in [9.17, 15) is 4.39 Å². The molecule has 0 aliphatic rings. The van der Waals surface area contributed by atoms with Gasteiger partial charge in [0.25, 0.3) is 0 Å². The van der Waals surface area contributed by atoms with E-state index >= 15 is 0 Å². The second-order valence-electron chi connectivity index (χ2n) is 2.51. The van der Waals surface area contributed by atoms with Crippen LogP contribution in [0.3, 0.4) is 0 Å². The van der Waals surface area contributed by atoms with Gasteiger partial charge in [0, 0.05) is 5.33 Å². The molecule has 0 spiro atoms. The first-order valence-corrected chi connectivity index (χ1v) is 4.67. The largest absolute Gasteiger partial charge is 0.207 e. The Labute approximate surface area is 74.6 Å². The Kier molecular flexibility index (Phi) is 3.06. The van der Waals surface area contributed by atoms with Crippen LogP contribution in [-0.2, 0) is 6.42 Å². The van der Waals surface area contributed by atoms with Crippen LogP contribution in [-0.4, -0.2) is 5.33 Å². The zero-order chi connectivity index (χ0) is 8.27. The van der Waals surface area contributed by atoms with Crippen molar-refractivity contribution in [3.63, 3.8) is 0 Å². The van der Waals surface area contributed by atoms with Crippen LogP contribution in [0.4, 0.5) is 4.39 Å². The smallest absolute Gasteiger partial charge is 0.123 e. The van der Waals surface area contributed by atoms with E-state index in [1.807, 2.05) is 13.0 Å². The van der Waals surface area contributed by atoms with E-state index in [-0.39, 0.29) is 5.82 Å². The molecule has 1 rings (SSSR count). The molecule has 0 saturated carbocycles. The molecule has 0 unspecified atom stereocenters. The second-order valence-corrected chi connectivity index (χ2v) is 3.30. The Bertz CT molecular complexity index is 245. The van der Waals surface area contributed by atoms with E-state index in [2.05, 4.69) is 15.9 Å². The minimum atomic E-state index is -0.147. The summed E-state index contributed by atoms with van der Waals surface area (Å²) in [4.78, 5) is 0. The van der Waals surface area contributed by atoms with E-state index in [0.717, 1.165) is 22.9 Å². The molecular weight excluding hydrogens is 207 g/mol. The van der Waals surface area contributed by atoms with Crippen molar-refractivity contribution in [2.75, 3.05) is 5.33 Å². The molecule has 0 nitrogen and oxygen atoms in total. The third-order valence-electron chi connectivity index (χ3n) is 1.68. The third-order valence-corrected chi connectivity index (χ3v) is 2.07. The van der Waals surface area contributed by atoms with Gasteiger partial charge in [-0.3, -0.25) is 0 Å².